The van der Waals surface area contributed by atoms with Gasteiger partial charge in [-0.3, -0.25) is 0 Å². The van der Waals surface area contributed by atoms with Gasteiger partial charge >= 0.3 is 0 Å². The van der Waals surface area contributed by atoms with Crippen molar-refractivity contribution < 1.29 is 8.78 Å². The Bertz CT molecular complexity index is 865. The molecule has 26 heavy (non-hydrogen) atoms. The summed E-state index contributed by atoms with van der Waals surface area (Å²) in [4.78, 5) is 1.61. The predicted molar refractivity (Wildman–Crippen MR) is 110 cm³/mol. The van der Waals surface area contributed by atoms with Crippen LogP contribution in [0, 0.1) is 11.6 Å². The van der Waals surface area contributed by atoms with Gasteiger partial charge in [-0.1, -0.05) is 78.3 Å². The Labute approximate surface area is 166 Å². The van der Waals surface area contributed by atoms with Gasteiger partial charge in [0, 0.05) is 17.1 Å². The number of benzene rings is 2. The zero-order valence-corrected chi connectivity index (χ0v) is 17.1. The zero-order valence-electron chi connectivity index (χ0n) is 14.8. The second-order valence-corrected chi connectivity index (χ2v) is 6.69. The van der Waals surface area contributed by atoms with Crippen molar-refractivity contribution in [3.8, 4) is 0 Å². The van der Waals surface area contributed by atoms with Gasteiger partial charge in [0.15, 0.2) is 0 Å². The van der Waals surface area contributed by atoms with Gasteiger partial charge in [-0.2, -0.15) is 0 Å². The van der Waals surface area contributed by atoms with Crippen molar-refractivity contribution in [3.05, 3.63) is 93.1 Å². The van der Waals surface area contributed by atoms with E-state index in [1.54, 1.807) is 18.0 Å². The molecule has 0 N–H and O–H groups in total. The van der Waals surface area contributed by atoms with E-state index in [-0.39, 0.29) is 5.56 Å². The van der Waals surface area contributed by atoms with E-state index in [4.69, 9.17) is 11.6 Å². The number of likely N-dealkylation sites (N-methyl/N-ethyl adjacent to an activating group) is 1. The monoisotopic (exact) mass is 437 g/mol. The SMILES string of the molecule is C=C1C(Cl)=CC(c2ccccc2)=C(c2c(F)cc(Br)cc2F)N1C.CC. The Balaban J connectivity index is 0.00000117. The highest BCUT2D eigenvalue weighted by Gasteiger charge is 2.27. The second-order valence-electron chi connectivity index (χ2n) is 5.37. The van der Waals surface area contributed by atoms with Gasteiger partial charge in [0.05, 0.1) is 22.0 Å². The van der Waals surface area contributed by atoms with E-state index in [9.17, 15) is 8.78 Å². The molecule has 5 heteroatoms. The molecule has 0 aliphatic carbocycles. The number of nitrogens with zero attached hydrogens (tertiary/aromatic N) is 1. The van der Waals surface area contributed by atoms with Crippen LogP contribution in [0.15, 0.2) is 70.3 Å². The number of hydrogen-bond acceptors (Lipinski definition) is 1. The predicted octanol–water partition coefficient (Wildman–Crippen LogP) is 7.20. The third-order valence-corrected chi connectivity index (χ3v) is 4.66. The van der Waals surface area contributed by atoms with Crippen LogP contribution in [-0.2, 0) is 0 Å². The van der Waals surface area contributed by atoms with Crippen LogP contribution in [0.4, 0.5) is 8.78 Å². The summed E-state index contributed by atoms with van der Waals surface area (Å²) >= 11 is 9.36. The minimum atomic E-state index is -0.656. The maximum absolute atomic E-state index is 14.6. The quantitative estimate of drug-likeness (QED) is 0.479. The Kier molecular flexibility index (Phi) is 6.79. The summed E-state index contributed by atoms with van der Waals surface area (Å²) < 4.78 is 29.5. The summed E-state index contributed by atoms with van der Waals surface area (Å²) in [7, 11) is 1.69. The molecule has 0 saturated heterocycles. The van der Waals surface area contributed by atoms with Crippen LogP contribution in [-0.4, -0.2) is 11.9 Å². The third-order valence-electron chi connectivity index (χ3n) is 3.87. The lowest BCUT2D eigenvalue weighted by Crippen LogP contribution is -2.22. The Hall–Kier alpha value is -1.91. The lowest BCUT2D eigenvalue weighted by Gasteiger charge is -2.31. The zero-order chi connectivity index (χ0) is 19.4. The smallest absolute Gasteiger partial charge is 0.136 e. The van der Waals surface area contributed by atoms with Crippen molar-refractivity contribution in [1.29, 1.82) is 0 Å². The largest absolute Gasteiger partial charge is 0.343 e. The van der Waals surface area contributed by atoms with Crippen LogP contribution in [0.25, 0.3) is 11.3 Å². The van der Waals surface area contributed by atoms with Crippen LogP contribution in [0.5, 0.6) is 0 Å². The van der Waals surface area contributed by atoms with Crippen LogP contribution in [0.2, 0.25) is 0 Å². The molecule has 2 aromatic rings. The molecule has 0 aromatic heterocycles. The van der Waals surface area contributed by atoms with E-state index in [1.807, 2.05) is 44.2 Å². The Morgan fingerprint density at radius 3 is 2.12 bits per heavy atom. The summed E-state index contributed by atoms with van der Waals surface area (Å²) in [6, 6.07) is 11.8. The van der Waals surface area contributed by atoms with Crippen molar-refractivity contribution in [2.75, 3.05) is 7.05 Å². The highest BCUT2D eigenvalue weighted by Crippen LogP contribution is 2.41. The van der Waals surface area contributed by atoms with E-state index < -0.39 is 11.6 Å². The molecule has 1 heterocycles. The summed E-state index contributed by atoms with van der Waals surface area (Å²) in [6.07, 6.45) is 1.69. The average molecular weight is 439 g/mol. The number of hydrogen-bond donors (Lipinski definition) is 0. The molecule has 0 bridgehead atoms. The van der Waals surface area contributed by atoms with E-state index in [0.29, 0.717) is 26.5 Å². The van der Waals surface area contributed by atoms with Gasteiger partial charge in [-0.25, -0.2) is 8.78 Å². The molecule has 0 amide bonds. The van der Waals surface area contributed by atoms with Gasteiger partial charge < -0.3 is 4.90 Å². The molecule has 0 atom stereocenters. The standard InChI is InChI=1S/C19H13BrClF2N.C2H6/c1-11-15(21)10-14(12-6-4-3-5-7-12)19(24(11)2)18-16(22)8-13(20)9-17(18)23;1-2/h3-10H,1H2,2H3;1-2H3. The fourth-order valence-corrected chi connectivity index (χ4v) is 3.30. The topological polar surface area (TPSA) is 3.24 Å². The van der Waals surface area contributed by atoms with Crippen LogP contribution >= 0.6 is 27.5 Å². The maximum atomic E-state index is 14.6. The first kappa shape index (κ1) is 20.4. The van der Waals surface area contributed by atoms with Gasteiger partial charge in [0.1, 0.15) is 11.6 Å². The summed E-state index contributed by atoms with van der Waals surface area (Å²) in [5.74, 6) is -1.31. The van der Waals surface area contributed by atoms with E-state index >= 15 is 0 Å². The Morgan fingerprint density at radius 1 is 1.04 bits per heavy atom. The van der Waals surface area contributed by atoms with Crippen molar-refractivity contribution in [1.82, 2.24) is 4.90 Å². The first-order chi connectivity index (χ1) is 12.4. The van der Waals surface area contributed by atoms with Gasteiger partial charge in [-0.05, 0) is 23.8 Å². The molecule has 0 spiro atoms. The van der Waals surface area contributed by atoms with Crippen LogP contribution < -0.4 is 0 Å². The van der Waals surface area contributed by atoms with Gasteiger partial charge in [0.25, 0.3) is 0 Å². The van der Waals surface area contributed by atoms with Crippen molar-refractivity contribution >= 4 is 38.8 Å². The molecule has 0 saturated carbocycles. The molecule has 0 unspecified atom stereocenters. The van der Waals surface area contributed by atoms with E-state index in [2.05, 4.69) is 22.5 Å². The molecule has 1 aliphatic rings. The maximum Gasteiger partial charge on any atom is 0.136 e. The minimum absolute atomic E-state index is 0.110. The first-order valence-electron chi connectivity index (χ1n) is 8.15. The molecule has 0 radical (unpaired) electrons. The highest BCUT2D eigenvalue weighted by atomic mass is 79.9. The van der Waals surface area contributed by atoms with Gasteiger partial charge in [-0.15, -0.1) is 0 Å². The fraction of sp³-hybridized carbons (Fsp3) is 0.143. The number of allylic oxidation sites excluding steroid dienone is 3. The molecule has 1 aliphatic heterocycles. The van der Waals surface area contributed by atoms with Crippen LogP contribution in [0.1, 0.15) is 25.0 Å². The number of halogens is 4. The highest BCUT2D eigenvalue weighted by molar-refractivity contribution is 9.10. The summed E-state index contributed by atoms with van der Waals surface area (Å²) in [5, 5.41) is 0.429. The lowest BCUT2D eigenvalue weighted by molar-refractivity contribution is 0.549. The Morgan fingerprint density at radius 2 is 1.58 bits per heavy atom. The molecular weight excluding hydrogens is 420 g/mol. The van der Waals surface area contributed by atoms with Gasteiger partial charge in [0.2, 0.25) is 0 Å². The molecule has 136 valence electrons. The lowest BCUT2D eigenvalue weighted by atomic mass is 9.94. The molecule has 2 aromatic carbocycles. The summed E-state index contributed by atoms with van der Waals surface area (Å²) in [6.45, 7) is 7.89. The third kappa shape index (κ3) is 3.92. The normalized spacial score (nSPS) is 14.0. The van der Waals surface area contributed by atoms with Crippen molar-refractivity contribution in [2.45, 2.75) is 13.8 Å². The molecule has 1 nitrogen and oxygen atoms in total. The first-order valence-corrected chi connectivity index (χ1v) is 9.32. The fourth-order valence-electron chi connectivity index (χ4n) is 2.66. The molecular formula is C21H19BrClF2N. The van der Waals surface area contributed by atoms with Crippen LogP contribution in [0.3, 0.4) is 0 Å². The molecule has 0 fully saturated rings. The second kappa shape index (κ2) is 8.65. The summed E-state index contributed by atoms with van der Waals surface area (Å²) in [5.41, 5.74) is 2.20. The molecule has 3 rings (SSSR count). The number of rotatable bonds is 2. The average Bonchev–Trinajstić information content (AvgIpc) is 2.63. The van der Waals surface area contributed by atoms with E-state index in [1.165, 1.54) is 12.1 Å². The van der Waals surface area contributed by atoms with E-state index in [0.717, 1.165) is 5.56 Å². The minimum Gasteiger partial charge on any atom is -0.343 e. The van der Waals surface area contributed by atoms with Crippen molar-refractivity contribution in [3.63, 3.8) is 0 Å². The van der Waals surface area contributed by atoms with Crippen molar-refractivity contribution in [2.24, 2.45) is 0 Å².